The maximum atomic E-state index is 9.53. The monoisotopic (exact) mass is 80.1 g/mol. The van der Waals surface area contributed by atoms with E-state index in [9.17, 15) is 5.11 Å². The molecule has 0 radical (unpaired) electrons. The molecule has 0 unspecified atom stereocenters. The zero-order valence-electron chi connectivity index (χ0n) is 4.53. The molecule has 6 heavy (non-hydrogen) atoms. The van der Waals surface area contributed by atoms with Gasteiger partial charge in [0.05, 0.1) is 0 Å². The van der Waals surface area contributed by atoms with Crippen LogP contribution in [0.1, 0.15) is 19.8 Å². The third-order valence-electron chi connectivity index (χ3n) is 0.498. The van der Waals surface area contributed by atoms with Gasteiger partial charge in [-0.2, -0.15) is 0 Å². The normalized spacial score (nSPS) is 7.00. The Labute approximate surface area is 50.9 Å². The van der Waals surface area contributed by atoms with Crippen LogP contribution in [0.25, 0.3) is 0 Å². The Morgan fingerprint density at radius 1 is 1.50 bits per heavy atom. The second kappa shape index (κ2) is 9.12. The molecule has 0 aromatic rings. The second-order valence-electron chi connectivity index (χ2n) is 1.06. The molecule has 0 spiro atoms. The summed E-state index contributed by atoms with van der Waals surface area (Å²) >= 11 is 0. The Morgan fingerprint density at radius 3 is 2.00 bits per heavy atom. The molecular weight excluding hydrogens is 71.0 g/mol. The van der Waals surface area contributed by atoms with Crippen molar-refractivity contribution >= 4 is 0 Å². The van der Waals surface area contributed by atoms with Crippen LogP contribution >= 0.6 is 0 Å². The number of hydrogen-bond acceptors (Lipinski definition) is 1. The summed E-state index contributed by atoms with van der Waals surface area (Å²) in [6.45, 7) is 2.11. The minimum atomic E-state index is 0. The molecule has 0 rings (SSSR count). The fraction of sp³-hybridized carbons (Fsp3) is 1.00. The maximum Gasteiger partial charge on any atom is 1.00 e. The molecule has 0 amide bonds. The van der Waals surface area contributed by atoms with Crippen LogP contribution in [0.3, 0.4) is 0 Å². The third-order valence-corrected chi connectivity index (χ3v) is 0.498. The van der Waals surface area contributed by atoms with Crippen molar-refractivity contribution < 1.29 is 24.0 Å². The van der Waals surface area contributed by atoms with Crippen molar-refractivity contribution in [2.24, 2.45) is 0 Å². The molecule has 0 fully saturated rings. The van der Waals surface area contributed by atoms with Crippen molar-refractivity contribution in [1.82, 2.24) is 0 Å². The standard InChI is InChI=1S/C4H9O.Li/c1-2-3-4-5;/h2-4H2,1H3;/q-1;+1. The van der Waals surface area contributed by atoms with E-state index in [0.29, 0.717) is 0 Å². The van der Waals surface area contributed by atoms with Crippen LogP contribution in [0.4, 0.5) is 0 Å². The quantitative estimate of drug-likeness (QED) is 0.327. The van der Waals surface area contributed by atoms with Crippen LogP contribution < -0.4 is 24.0 Å². The molecule has 0 heterocycles. The van der Waals surface area contributed by atoms with Crippen molar-refractivity contribution in [3.8, 4) is 0 Å². The Hall–Kier alpha value is 0.557. The van der Waals surface area contributed by atoms with E-state index in [2.05, 4.69) is 0 Å². The summed E-state index contributed by atoms with van der Waals surface area (Å²) in [5, 5.41) is 9.53. The molecule has 0 aromatic carbocycles. The van der Waals surface area contributed by atoms with Gasteiger partial charge in [0.1, 0.15) is 0 Å². The Kier molecular flexibility index (Phi) is 14.8. The van der Waals surface area contributed by atoms with E-state index < -0.39 is 0 Å². The molecule has 1 nitrogen and oxygen atoms in total. The summed E-state index contributed by atoms with van der Waals surface area (Å²) < 4.78 is 0. The summed E-state index contributed by atoms with van der Waals surface area (Å²) in [7, 11) is 0. The fourth-order valence-electron chi connectivity index (χ4n) is 0.144. The van der Waals surface area contributed by atoms with E-state index in [1.54, 1.807) is 0 Å². The molecule has 0 aliphatic carbocycles. The van der Waals surface area contributed by atoms with Crippen molar-refractivity contribution in [1.29, 1.82) is 0 Å². The smallest absolute Gasteiger partial charge is 0.854 e. The SMILES string of the molecule is CCCC[O-].[Li+]. The molecule has 0 aromatic heterocycles. The first-order chi connectivity index (χ1) is 2.41. The van der Waals surface area contributed by atoms with E-state index >= 15 is 0 Å². The molecule has 32 valence electrons. The average Bonchev–Trinajstić information content (AvgIpc) is 1.41. The van der Waals surface area contributed by atoms with E-state index in [0.717, 1.165) is 12.8 Å². The molecule has 0 saturated carbocycles. The third kappa shape index (κ3) is 8.82. The Morgan fingerprint density at radius 2 is 2.00 bits per heavy atom. The topological polar surface area (TPSA) is 23.1 Å². The van der Waals surface area contributed by atoms with Gasteiger partial charge in [0, 0.05) is 0 Å². The van der Waals surface area contributed by atoms with Crippen LogP contribution in [-0.4, -0.2) is 6.61 Å². The zero-order valence-corrected chi connectivity index (χ0v) is 4.53. The van der Waals surface area contributed by atoms with Gasteiger partial charge >= 0.3 is 18.9 Å². The zero-order chi connectivity index (χ0) is 4.12. The summed E-state index contributed by atoms with van der Waals surface area (Å²) in [5.74, 6) is 0. The van der Waals surface area contributed by atoms with Crippen molar-refractivity contribution in [3.05, 3.63) is 0 Å². The molecule has 0 aliphatic rings. The van der Waals surface area contributed by atoms with E-state index in [1.807, 2.05) is 6.92 Å². The van der Waals surface area contributed by atoms with Crippen molar-refractivity contribution in [3.63, 3.8) is 0 Å². The van der Waals surface area contributed by atoms with Gasteiger partial charge in [-0.25, -0.2) is 0 Å². The van der Waals surface area contributed by atoms with Crippen molar-refractivity contribution in [2.45, 2.75) is 19.8 Å². The van der Waals surface area contributed by atoms with E-state index in [-0.39, 0.29) is 25.5 Å². The number of unbranched alkanes of at least 4 members (excludes halogenated alkanes) is 1. The minimum Gasteiger partial charge on any atom is -0.854 e. The molecule has 0 saturated heterocycles. The summed E-state index contributed by atoms with van der Waals surface area (Å²) in [6.07, 6.45) is 1.86. The summed E-state index contributed by atoms with van der Waals surface area (Å²) in [6, 6.07) is 0. The van der Waals surface area contributed by atoms with Gasteiger partial charge in [0.25, 0.3) is 0 Å². The maximum absolute atomic E-state index is 9.53. The first kappa shape index (κ1) is 9.75. The first-order valence-corrected chi connectivity index (χ1v) is 2.00. The van der Waals surface area contributed by atoms with Gasteiger partial charge in [-0.3, -0.25) is 0 Å². The largest absolute Gasteiger partial charge is 1.00 e. The molecule has 2 heteroatoms. The summed E-state index contributed by atoms with van der Waals surface area (Å²) in [5.41, 5.74) is 0. The predicted octanol–water partition coefficient (Wildman–Crippen LogP) is -2.85. The predicted molar refractivity (Wildman–Crippen MR) is 19.8 cm³/mol. The molecule has 0 bridgehead atoms. The van der Waals surface area contributed by atoms with Crippen LogP contribution in [0, 0.1) is 0 Å². The van der Waals surface area contributed by atoms with Gasteiger partial charge < -0.3 is 5.11 Å². The molecular formula is C4H9LiO. The molecule has 0 atom stereocenters. The van der Waals surface area contributed by atoms with E-state index in [4.69, 9.17) is 0 Å². The van der Waals surface area contributed by atoms with E-state index in [1.165, 1.54) is 0 Å². The van der Waals surface area contributed by atoms with Crippen LogP contribution in [-0.2, 0) is 0 Å². The van der Waals surface area contributed by atoms with Gasteiger partial charge in [0.2, 0.25) is 0 Å². The van der Waals surface area contributed by atoms with Crippen LogP contribution in [0.15, 0.2) is 0 Å². The second-order valence-corrected chi connectivity index (χ2v) is 1.06. The van der Waals surface area contributed by atoms with Gasteiger partial charge in [-0.1, -0.05) is 19.8 Å². The average molecular weight is 80.1 g/mol. The van der Waals surface area contributed by atoms with Gasteiger partial charge in [-0.05, 0) is 0 Å². The number of rotatable bonds is 2. The van der Waals surface area contributed by atoms with Gasteiger partial charge in [-0.15, -0.1) is 6.61 Å². The fourth-order valence-corrected chi connectivity index (χ4v) is 0.144. The number of hydrogen-bond donors (Lipinski definition) is 0. The molecule has 0 N–H and O–H groups in total. The van der Waals surface area contributed by atoms with Crippen LogP contribution in [0.5, 0.6) is 0 Å². The first-order valence-electron chi connectivity index (χ1n) is 2.00. The Balaban J connectivity index is 0. The molecule has 0 aliphatic heterocycles. The van der Waals surface area contributed by atoms with Gasteiger partial charge in [0.15, 0.2) is 0 Å². The van der Waals surface area contributed by atoms with Crippen LogP contribution in [0.2, 0.25) is 0 Å². The van der Waals surface area contributed by atoms with Crippen molar-refractivity contribution in [2.75, 3.05) is 6.61 Å². The summed E-state index contributed by atoms with van der Waals surface area (Å²) in [4.78, 5) is 0. The Bertz CT molecular complexity index is 15.0. The minimum absolute atomic E-state index is 0.